The number of rotatable bonds is 5. The smallest absolute Gasteiger partial charge is 0.323 e. The van der Waals surface area contributed by atoms with Gasteiger partial charge in [0, 0.05) is 0 Å². The fourth-order valence-electron chi connectivity index (χ4n) is 3.33. The monoisotopic (exact) mass is 377 g/mol. The highest BCUT2D eigenvalue weighted by atomic mass is 16.2. The molecule has 2 heterocycles. The van der Waals surface area contributed by atoms with Crippen LogP contribution in [0.4, 0.5) is 4.79 Å². The van der Waals surface area contributed by atoms with Crippen molar-refractivity contribution in [3.8, 4) is 0 Å². The van der Waals surface area contributed by atoms with Gasteiger partial charge in [-0.1, -0.05) is 47.7 Å². The maximum absolute atomic E-state index is 12.9. The van der Waals surface area contributed by atoms with Crippen molar-refractivity contribution in [2.24, 2.45) is 0 Å². The van der Waals surface area contributed by atoms with E-state index in [0.717, 1.165) is 15.1 Å². The summed E-state index contributed by atoms with van der Waals surface area (Å²) in [6, 6.07) is 16.0. The fourth-order valence-corrected chi connectivity index (χ4v) is 3.33. The number of amides is 3. The Morgan fingerprint density at radius 1 is 1.00 bits per heavy atom. The van der Waals surface area contributed by atoms with E-state index in [4.69, 9.17) is 0 Å². The number of hydrogen-bond donors (Lipinski definition) is 1. The number of aryl methyl sites for hydroxylation is 1. The first kappa shape index (κ1) is 17.8. The second-order valence-electron chi connectivity index (χ2n) is 7.03. The lowest BCUT2D eigenvalue weighted by atomic mass is 9.93. The van der Waals surface area contributed by atoms with E-state index in [2.05, 4.69) is 15.6 Å². The Kier molecular flexibility index (Phi) is 4.38. The van der Waals surface area contributed by atoms with Crippen LogP contribution in [0, 0.1) is 0 Å². The summed E-state index contributed by atoms with van der Waals surface area (Å²) in [5, 5.41) is 11.0. The van der Waals surface area contributed by atoms with Crippen LogP contribution >= 0.6 is 0 Å². The number of benzene rings is 2. The van der Waals surface area contributed by atoms with E-state index < -0.39 is 17.1 Å². The summed E-state index contributed by atoms with van der Waals surface area (Å²) in [6.45, 7) is 1.42. The molecule has 1 aromatic heterocycles. The molecule has 0 spiro atoms. The Labute approximate surface area is 160 Å². The van der Waals surface area contributed by atoms with E-state index in [9.17, 15) is 14.4 Å². The van der Waals surface area contributed by atoms with Gasteiger partial charge in [0.25, 0.3) is 11.5 Å². The predicted molar refractivity (Wildman–Crippen MR) is 102 cm³/mol. The third-order valence-electron chi connectivity index (χ3n) is 5.01. The molecule has 1 N–H and O–H groups in total. The average Bonchev–Trinajstić information content (AvgIpc) is 2.93. The molecule has 1 atom stereocenters. The largest absolute Gasteiger partial charge is 0.326 e. The van der Waals surface area contributed by atoms with Crippen LogP contribution < -0.4 is 10.9 Å². The van der Waals surface area contributed by atoms with Crippen molar-refractivity contribution >= 4 is 22.8 Å². The summed E-state index contributed by atoms with van der Waals surface area (Å²) in [6.07, 6.45) is 1.10. The quantitative estimate of drug-likeness (QED) is 0.683. The molecule has 1 saturated heterocycles. The van der Waals surface area contributed by atoms with E-state index in [-0.39, 0.29) is 12.6 Å². The Bertz CT molecular complexity index is 1110. The van der Waals surface area contributed by atoms with Crippen molar-refractivity contribution in [2.45, 2.75) is 32.0 Å². The van der Waals surface area contributed by atoms with Crippen LogP contribution in [0.2, 0.25) is 0 Å². The highest BCUT2D eigenvalue weighted by molar-refractivity contribution is 6.06. The maximum Gasteiger partial charge on any atom is 0.326 e. The summed E-state index contributed by atoms with van der Waals surface area (Å²) in [4.78, 5) is 38.9. The Hall–Kier alpha value is -3.55. The average molecular weight is 377 g/mol. The lowest BCUT2D eigenvalue weighted by molar-refractivity contribution is -0.132. The molecular weight excluding hydrogens is 358 g/mol. The molecule has 3 amide bonds. The number of hydrogen-bond acceptors (Lipinski definition) is 5. The molecule has 3 aromatic rings. The fraction of sp³-hybridized carbons (Fsp3) is 0.250. The van der Waals surface area contributed by atoms with Crippen LogP contribution in [0.15, 0.2) is 59.4 Å². The molecule has 28 heavy (non-hydrogen) atoms. The predicted octanol–water partition coefficient (Wildman–Crippen LogP) is 1.69. The van der Waals surface area contributed by atoms with Gasteiger partial charge in [-0.2, -0.15) is 4.68 Å². The number of nitrogens with zero attached hydrogens (tertiary/aromatic N) is 4. The van der Waals surface area contributed by atoms with Gasteiger partial charge < -0.3 is 5.32 Å². The molecule has 8 nitrogen and oxygen atoms in total. The van der Waals surface area contributed by atoms with E-state index >= 15 is 0 Å². The highest BCUT2D eigenvalue weighted by Gasteiger charge is 2.47. The number of nitrogens with one attached hydrogen (secondary N) is 1. The molecule has 1 fully saturated rings. The van der Waals surface area contributed by atoms with Crippen molar-refractivity contribution in [3.63, 3.8) is 0 Å². The number of carbonyl (C=O) groups is 2. The van der Waals surface area contributed by atoms with Gasteiger partial charge in [-0.3, -0.25) is 9.59 Å². The minimum atomic E-state index is -1.03. The Morgan fingerprint density at radius 2 is 1.71 bits per heavy atom. The normalized spacial score (nSPS) is 19.2. The molecule has 1 unspecified atom stereocenters. The Morgan fingerprint density at radius 3 is 2.50 bits per heavy atom. The summed E-state index contributed by atoms with van der Waals surface area (Å²) < 4.78 is 1.03. The zero-order valence-corrected chi connectivity index (χ0v) is 15.3. The molecule has 0 saturated carbocycles. The van der Waals surface area contributed by atoms with Gasteiger partial charge in [-0.15, -0.1) is 5.10 Å². The van der Waals surface area contributed by atoms with Crippen LogP contribution in [-0.2, 0) is 17.9 Å². The standard InChI is InChI=1S/C20H19N5O3/c1-20(12-11-14-7-3-2-4-8-14)18(27)24(19(28)21-20)13-25-17(26)15-9-5-6-10-16(15)22-23-25/h2-10H,11-13H2,1H3,(H,21,28). The Balaban J connectivity index is 1.54. The minimum absolute atomic E-state index is 0.276. The van der Waals surface area contributed by atoms with Crippen molar-refractivity contribution in [3.05, 3.63) is 70.5 Å². The molecule has 1 aliphatic heterocycles. The van der Waals surface area contributed by atoms with Crippen LogP contribution in [0.5, 0.6) is 0 Å². The highest BCUT2D eigenvalue weighted by Crippen LogP contribution is 2.23. The first-order valence-corrected chi connectivity index (χ1v) is 8.98. The molecule has 0 bridgehead atoms. The molecule has 0 aliphatic carbocycles. The zero-order chi connectivity index (χ0) is 19.7. The first-order valence-electron chi connectivity index (χ1n) is 8.98. The van der Waals surface area contributed by atoms with Crippen molar-refractivity contribution in [1.82, 2.24) is 25.2 Å². The third-order valence-corrected chi connectivity index (χ3v) is 5.01. The zero-order valence-electron chi connectivity index (χ0n) is 15.3. The van der Waals surface area contributed by atoms with E-state index in [1.54, 1.807) is 31.2 Å². The summed E-state index contributed by atoms with van der Waals surface area (Å²) in [5.41, 5.74) is 0.124. The molecule has 2 aromatic carbocycles. The number of fused-ring (bicyclic) bond motifs is 1. The first-order chi connectivity index (χ1) is 13.5. The van der Waals surface area contributed by atoms with Gasteiger partial charge >= 0.3 is 6.03 Å². The second-order valence-corrected chi connectivity index (χ2v) is 7.03. The number of imide groups is 1. The van der Waals surface area contributed by atoms with E-state index in [1.807, 2.05) is 30.3 Å². The molecule has 142 valence electrons. The van der Waals surface area contributed by atoms with Crippen LogP contribution in [0.1, 0.15) is 18.9 Å². The van der Waals surface area contributed by atoms with Crippen LogP contribution in [0.3, 0.4) is 0 Å². The summed E-state index contributed by atoms with van der Waals surface area (Å²) in [7, 11) is 0. The molecule has 1 aliphatic rings. The van der Waals surface area contributed by atoms with Crippen molar-refractivity contribution < 1.29 is 9.59 Å². The maximum atomic E-state index is 12.9. The van der Waals surface area contributed by atoms with E-state index in [0.29, 0.717) is 23.7 Å². The molecule has 0 radical (unpaired) electrons. The minimum Gasteiger partial charge on any atom is -0.323 e. The lowest BCUT2D eigenvalue weighted by Gasteiger charge is -2.21. The topological polar surface area (TPSA) is 97.2 Å². The van der Waals surface area contributed by atoms with Gasteiger partial charge in [0.2, 0.25) is 0 Å². The van der Waals surface area contributed by atoms with Gasteiger partial charge in [0.15, 0.2) is 0 Å². The van der Waals surface area contributed by atoms with Crippen molar-refractivity contribution in [1.29, 1.82) is 0 Å². The number of carbonyl (C=O) groups excluding carboxylic acids is 2. The lowest BCUT2D eigenvalue weighted by Crippen LogP contribution is -2.44. The summed E-state index contributed by atoms with van der Waals surface area (Å²) >= 11 is 0. The SMILES string of the molecule is CC1(CCc2ccccc2)NC(=O)N(Cn2nnc3ccccc3c2=O)C1=O. The van der Waals surface area contributed by atoms with Crippen molar-refractivity contribution in [2.75, 3.05) is 0 Å². The molecule has 8 heteroatoms. The van der Waals surface area contributed by atoms with Crippen LogP contribution in [0.25, 0.3) is 10.9 Å². The van der Waals surface area contributed by atoms with Gasteiger partial charge in [-0.25, -0.2) is 9.69 Å². The molecular formula is C20H19N5O3. The second kappa shape index (κ2) is 6.88. The van der Waals surface area contributed by atoms with Gasteiger partial charge in [0.05, 0.1) is 5.39 Å². The van der Waals surface area contributed by atoms with Gasteiger partial charge in [-0.05, 0) is 37.5 Å². The van der Waals surface area contributed by atoms with E-state index in [1.165, 1.54) is 0 Å². The molecule has 4 rings (SSSR count). The summed E-state index contributed by atoms with van der Waals surface area (Å²) in [5.74, 6) is -0.379. The number of urea groups is 1. The van der Waals surface area contributed by atoms with Crippen LogP contribution in [-0.4, -0.2) is 37.4 Å². The van der Waals surface area contributed by atoms with Gasteiger partial charge in [0.1, 0.15) is 17.7 Å². The number of aromatic nitrogens is 3. The third kappa shape index (κ3) is 3.13.